The fourth-order valence-electron chi connectivity index (χ4n) is 1.73. The molecule has 0 amide bonds. The van der Waals surface area contributed by atoms with Gasteiger partial charge in [0.25, 0.3) is 0 Å². The highest BCUT2D eigenvalue weighted by atomic mass is 32.1. The summed E-state index contributed by atoms with van der Waals surface area (Å²) in [4.78, 5) is 11.5. The van der Waals surface area contributed by atoms with Gasteiger partial charge >= 0.3 is 5.82 Å². The van der Waals surface area contributed by atoms with Crippen LogP contribution in [0.4, 0.5) is 11.5 Å². The van der Waals surface area contributed by atoms with Crippen molar-refractivity contribution in [1.29, 1.82) is 0 Å². The van der Waals surface area contributed by atoms with Gasteiger partial charge in [0.05, 0.1) is 6.04 Å². The highest BCUT2D eigenvalue weighted by molar-refractivity contribution is 7.10. The fourth-order valence-corrected chi connectivity index (χ4v) is 2.68. The van der Waals surface area contributed by atoms with Gasteiger partial charge in [-0.15, -0.1) is 16.4 Å². The van der Waals surface area contributed by atoms with Crippen molar-refractivity contribution in [1.82, 2.24) is 10.2 Å². The molecule has 0 fully saturated rings. The van der Waals surface area contributed by atoms with E-state index in [0.29, 0.717) is 11.6 Å². The Balaban J connectivity index is 2.24. The molecule has 18 heavy (non-hydrogen) atoms. The molecule has 0 aromatic carbocycles. The van der Waals surface area contributed by atoms with E-state index in [0.717, 1.165) is 4.88 Å². The number of nitrogens with one attached hydrogen (secondary N) is 2. The monoisotopic (exact) mass is 266 g/mol. The summed E-state index contributed by atoms with van der Waals surface area (Å²) < 4.78 is 0. The van der Waals surface area contributed by atoms with Crippen molar-refractivity contribution in [3.05, 3.63) is 38.7 Å². The molecule has 0 bridgehead atoms. The highest BCUT2D eigenvalue weighted by Crippen LogP contribution is 2.32. The lowest BCUT2D eigenvalue weighted by Gasteiger charge is -2.21. The van der Waals surface area contributed by atoms with Crippen LogP contribution < -0.4 is 5.32 Å². The average molecular weight is 266 g/mol. The maximum atomic E-state index is 10.8. The molecule has 7 heteroatoms. The Morgan fingerprint density at radius 2 is 2.33 bits per heavy atom. The molecule has 0 saturated carbocycles. The van der Waals surface area contributed by atoms with Gasteiger partial charge in [-0.2, -0.15) is 0 Å². The first-order chi connectivity index (χ1) is 8.59. The molecule has 2 N–H and O–H groups in total. The van der Waals surface area contributed by atoms with Crippen LogP contribution in [0.3, 0.4) is 0 Å². The van der Waals surface area contributed by atoms with Crippen LogP contribution in [0, 0.1) is 16.0 Å². The highest BCUT2D eigenvalue weighted by Gasteiger charge is 2.22. The number of nitro groups is 1. The van der Waals surface area contributed by atoms with E-state index in [2.05, 4.69) is 29.4 Å². The maximum Gasteiger partial charge on any atom is 0.366 e. The molecule has 0 aliphatic carbocycles. The van der Waals surface area contributed by atoms with Crippen LogP contribution in [-0.4, -0.2) is 15.1 Å². The number of rotatable bonds is 5. The molecular weight excluding hydrogens is 252 g/mol. The summed E-state index contributed by atoms with van der Waals surface area (Å²) in [6.07, 6.45) is 1.45. The van der Waals surface area contributed by atoms with Gasteiger partial charge in [0.2, 0.25) is 0 Å². The van der Waals surface area contributed by atoms with Crippen molar-refractivity contribution in [2.45, 2.75) is 19.9 Å². The summed E-state index contributed by atoms with van der Waals surface area (Å²) in [5.74, 6) is 0.218. The first kappa shape index (κ1) is 12.6. The molecule has 1 unspecified atom stereocenters. The average Bonchev–Trinajstić information content (AvgIpc) is 2.96. The van der Waals surface area contributed by atoms with E-state index in [1.807, 2.05) is 17.5 Å². The predicted octanol–water partition coefficient (Wildman–Crippen LogP) is 3.19. The quantitative estimate of drug-likeness (QED) is 0.643. The summed E-state index contributed by atoms with van der Waals surface area (Å²) in [6.45, 7) is 4.15. The van der Waals surface area contributed by atoms with Crippen molar-refractivity contribution >= 4 is 22.8 Å². The third-order valence-corrected chi connectivity index (χ3v) is 3.58. The van der Waals surface area contributed by atoms with Gasteiger partial charge in [-0.1, -0.05) is 25.0 Å². The van der Waals surface area contributed by atoms with Gasteiger partial charge in [0.15, 0.2) is 5.69 Å². The summed E-state index contributed by atoms with van der Waals surface area (Å²) in [6, 6.07) is 4.04. The Kier molecular flexibility index (Phi) is 3.61. The van der Waals surface area contributed by atoms with E-state index in [1.54, 1.807) is 11.3 Å². The Morgan fingerprint density at radius 3 is 2.89 bits per heavy atom. The van der Waals surface area contributed by atoms with Gasteiger partial charge in [0.1, 0.15) is 6.20 Å². The van der Waals surface area contributed by atoms with Gasteiger partial charge in [-0.25, -0.2) is 0 Å². The Labute approximate surface area is 108 Å². The van der Waals surface area contributed by atoms with Crippen LogP contribution >= 0.6 is 11.3 Å². The summed E-state index contributed by atoms with van der Waals surface area (Å²) in [5, 5.41) is 22.1. The topological polar surface area (TPSA) is 83.8 Å². The summed E-state index contributed by atoms with van der Waals surface area (Å²) in [7, 11) is 0. The number of H-pyrrole nitrogens is 1. The first-order valence-electron chi connectivity index (χ1n) is 5.57. The summed E-state index contributed by atoms with van der Waals surface area (Å²) in [5.41, 5.74) is 0.423. The third-order valence-electron chi connectivity index (χ3n) is 2.63. The molecule has 0 spiro atoms. The second kappa shape index (κ2) is 5.18. The molecule has 2 heterocycles. The fraction of sp³-hybridized carbons (Fsp3) is 0.364. The molecule has 0 aliphatic rings. The summed E-state index contributed by atoms with van der Waals surface area (Å²) >= 11 is 1.63. The van der Waals surface area contributed by atoms with E-state index in [9.17, 15) is 10.1 Å². The smallest absolute Gasteiger partial charge is 0.366 e. The molecular formula is C11H14N4O2S. The number of anilines is 1. The standard InChI is InChI=1S/C11H14N4O2S/c1-7(2)10(9-4-3-5-18-9)13-8-6-12-14-11(8)15(16)17/h3-7,10,13H,1-2H3,(H,12,14). The van der Waals surface area contributed by atoms with Crippen LogP contribution in [0.2, 0.25) is 0 Å². The second-order valence-electron chi connectivity index (χ2n) is 4.27. The molecule has 1 atom stereocenters. The molecule has 2 aromatic rings. The Morgan fingerprint density at radius 1 is 1.56 bits per heavy atom. The van der Waals surface area contributed by atoms with Crippen LogP contribution in [0.1, 0.15) is 24.8 Å². The van der Waals surface area contributed by atoms with Crippen molar-refractivity contribution in [3.63, 3.8) is 0 Å². The second-order valence-corrected chi connectivity index (χ2v) is 5.25. The molecule has 6 nitrogen and oxygen atoms in total. The predicted molar refractivity (Wildman–Crippen MR) is 70.8 cm³/mol. The van der Waals surface area contributed by atoms with Gasteiger partial charge in [0, 0.05) is 4.88 Å². The maximum absolute atomic E-state index is 10.8. The minimum atomic E-state index is -0.471. The molecule has 96 valence electrons. The van der Waals surface area contributed by atoms with Crippen LogP contribution in [0.25, 0.3) is 0 Å². The van der Waals surface area contributed by atoms with Crippen LogP contribution in [-0.2, 0) is 0 Å². The van der Waals surface area contributed by atoms with Crippen molar-refractivity contribution < 1.29 is 4.92 Å². The van der Waals surface area contributed by atoms with E-state index >= 15 is 0 Å². The van der Waals surface area contributed by atoms with Crippen molar-refractivity contribution in [3.8, 4) is 0 Å². The third kappa shape index (κ3) is 2.51. The van der Waals surface area contributed by atoms with Gasteiger partial charge < -0.3 is 15.4 Å². The molecule has 0 saturated heterocycles. The van der Waals surface area contributed by atoms with E-state index in [4.69, 9.17) is 0 Å². The minimum Gasteiger partial charge on any atom is -0.369 e. The largest absolute Gasteiger partial charge is 0.369 e. The zero-order chi connectivity index (χ0) is 13.1. The van der Waals surface area contributed by atoms with Gasteiger partial charge in [-0.05, 0) is 22.3 Å². The van der Waals surface area contributed by atoms with Crippen LogP contribution in [0.15, 0.2) is 23.7 Å². The lowest BCUT2D eigenvalue weighted by molar-refractivity contribution is -0.388. The SMILES string of the molecule is CC(C)C(Nc1cn[nH]c1[N+](=O)[O-])c1cccs1. The van der Waals surface area contributed by atoms with Crippen LogP contribution in [0.5, 0.6) is 0 Å². The molecule has 2 aromatic heterocycles. The number of aromatic nitrogens is 2. The molecule has 0 aliphatic heterocycles. The molecule has 0 radical (unpaired) electrons. The Hall–Kier alpha value is -1.89. The van der Waals surface area contributed by atoms with Crippen molar-refractivity contribution in [2.75, 3.05) is 5.32 Å². The zero-order valence-electron chi connectivity index (χ0n) is 10.1. The normalized spacial score (nSPS) is 12.6. The zero-order valence-corrected chi connectivity index (χ0v) is 10.9. The lowest BCUT2D eigenvalue weighted by atomic mass is 10.0. The number of aromatic amines is 1. The number of hydrogen-bond donors (Lipinski definition) is 2. The minimum absolute atomic E-state index is 0.0429. The van der Waals surface area contributed by atoms with E-state index in [-0.39, 0.29) is 11.9 Å². The van der Waals surface area contributed by atoms with Crippen molar-refractivity contribution in [2.24, 2.45) is 5.92 Å². The first-order valence-corrected chi connectivity index (χ1v) is 6.45. The van der Waals surface area contributed by atoms with E-state index in [1.165, 1.54) is 6.20 Å². The number of thiophene rings is 1. The lowest BCUT2D eigenvalue weighted by Crippen LogP contribution is -2.15. The molecule has 2 rings (SSSR count). The number of hydrogen-bond acceptors (Lipinski definition) is 5. The number of nitrogens with zero attached hydrogens (tertiary/aromatic N) is 2. The van der Waals surface area contributed by atoms with Gasteiger partial charge in [-0.3, -0.25) is 0 Å². The Bertz CT molecular complexity index is 521. The van der Waals surface area contributed by atoms with E-state index < -0.39 is 4.92 Å².